The van der Waals surface area contributed by atoms with Crippen LogP contribution in [0.5, 0.6) is 0 Å². The summed E-state index contributed by atoms with van der Waals surface area (Å²) in [5.41, 5.74) is 12.6. The van der Waals surface area contributed by atoms with Crippen LogP contribution in [0.15, 0.2) is 195 Å². The fourth-order valence-electron chi connectivity index (χ4n) is 7.86. The summed E-state index contributed by atoms with van der Waals surface area (Å²) in [5.74, 6) is 0. The van der Waals surface area contributed by atoms with Crippen LogP contribution in [0, 0.1) is 0 Å². The Bertz CT molecular complexity index is 2890. The lowest BCUT2D eigenvalue weighted by Crippen LogP contribution is -2.35. The molecule has 4 heterocycles. The third-order valence-electron chi connectivity index (χ3n) is 10.8. The van der Waals surface area contributed by atoms with E-state index in [0.717, 1.165) is 33.7 Å². The highest BCUT2D eigenvalue weighted by molar-refractivity contribution is 5.86. The first-order chi connectivity index (χ1) is 27.1. The summed E-state index contributed by atoms with van der Waals surface area (Å²) in [6.45, 7) is 0. The Kier molecular flexibility index (Phi) is 8.07. The monoisotopic (exact) mass is 706 g/mol. The van der Waals surface area contributed by atoms with Gasteiger partial charge in [0.2, 0.25) is 0 Å². The first kappa shape index (κ1) is 32.5. The fourth-order valence-corrected chi connectivity index (χ4v) is 7.86. The van der Waals surface area contributed by atoms with Crippen LogP contribution in [0.25, 0.3) is 62.1 Å². The molecule has 0 saturated heterocycles. The van der Waals surface area contributed by atoms with E-state index in [1.165, 1.54) is 49.2 Å². The molecular formula is C51H38N4. The number of pyridine rings is 2. The van der Waals surface area contributed by atoms with Crippen LogP contribution in [0.3, 0.4) is 0 Å². The third kappa shape index (κ3) is 6.24. The molecule has 262 valence electrons. The van der Waals surface area contributed by atoms with Crippen LogP contribution < -0.4 is 15.3 Å². The Morgan fingerprint density at radius 2 is 1.07 bits per heavy atom. The lowest BCUT2D eigenvalue weighted by atomic mass is 10.00. The lowest BCUT2D eigenvalue weighted by molar-refractivity contribution is 0.444. The maximum atomic E-state index is 4.79. The van der Waals surface area contributed by atoms with Crippen LogP contribution in [0.1, 0.15) is 11.6 Å². The van der Waals surface area contributed by atoms with Crippen molar-refractivity contribution in [2.24, 2.45) is 0 Å². The zero-order valence-electron chi connectivity index (χ0n) is 30.5. The highest BCUT2D eigenvalue weighted by Crippen LogP contribution is 2.38. The van der Waals surface area contributed by atoms with Gasteiger partial charge in [0.25, 0.3) is 0 Å². The first-order valence-electron chi connectivity index (χ1n) is 18.8. The zero-order valence-corrected chi connectivity index (χ0v) is 30.5. The fraction of sp³-hybridized carbons (Fsp3) is 0.0392. The molecule has 0 bridgehead atoms. The molecule has 0 radical (unpaired) electrons. The average Bonchev–Trinajstić information content (AvgIpc) is 3.69. The van der Waals surface area contributed by atoms with Gasteiger partial charge in [-0.25, -0.2) is 0 Å². The van der Waals surface area contributed by atoms with Crippen LogP contribution >= 0.6 is 0 Å². The molecule has 6 aromatic carbocycles. The highest BCUT2D eigenvalue weighted by atomic mass is 15.1. The molecule has 1 atom stereocenters. The Labute approximate surface area is 320 Å². The molecular weight excluding hydrogens is 669 g/mol. The van der Waals surface area contributed by atoms with Gasteiger partial charge in [-0.3, -0.25) is 4.98 Å². The standard InChI is InChI=1S/C51H38N4/c1-53-34-44-11-5-3-9-42(44)32-51(53)40-21-27-48(28-22-40)55(47-25-19-39(20-26-47)50-31-41-8-2-4-10-43(41)33-52-50)46-23-17-37(18-24-46)36-13-15-38(16-14-36)45-30-49-12-6-7-29-54(49)35-45/h2-35,51H,1H3. The molecule has 55 heavy (non-hydrogen) atoms. The van der Waals surface area contributed by atoms with Crippen molar-refractivity contribution in [3.63, 3.8) is 0 Å². The largest absolute Gasteiger partial charge is 0.369 e. The maximum absolute atomic E-state index is 4.79. The number of hydrogen-bond acceptors (Lipinski definition) is 3. The predicted molar refractivity (Wildman–Crippen MR) is 229 cm³/mol. The van der Waals surface area contributed by atoms with Crippen molar-refractivity contribution in [2.75, 3.05) is 11.9 Å². The number of aromatic nitrogens is 2. The minimum absolute atomic E-state index is 0.161. The minimum atomic E-state index is 0.161. The summed E-state index contributed by atoms with van der Waals surface area (Å²) in [6, 6.07) is 63.3. The zero-order chi connectivity index (χ0) is 36.7. The van der Waals surface area contributed by atoms with Crippen LogP contribution in [0.2, 0.25) is 0 Å². The molecule has 4 nitrogen and oxygen atoms in total. The molecule has 0 fully saturated rings. The molecule has 9 aromatic rings. The van der Waals surface area contributed by atoms with E-state index in [-0.39, 0.29) is 6.04 Å². The van der Waals surface area contributed by atoms with E-state index in [9.17, 15) is 0 Å². The van der Waals surface area contributed by atoms with Gasteiger partial charge in [-0.1, -0.05) is 115 Å². The van der Waals surface area contributed by atoms with Crippen LogP contribution in [-0.4, -0.2) is 21.3 Å². The summed E-state index contributed by atoms with van der Waals surface area (Å²) in [6.07, 6.45) is 10.8. The van der Waals surface area contributed by atoms with Gasteiger partial charge in [-0.2, -0.15) is 0 Å². The number of nitrogens with zero attached hydrogens (tertiary/aromatic N) is 4. The quantitative estimate of drug-likeness (QED) is 0.165. The van der Waals surface area contributed by atoms with E-state index in [2.05, 4.69) is 222 Å². The Morgan fingerprint density at radius 1 is 0.509 bits per heavy atom. The number of anilines is 3. The van der Waals surface area contributed by atoms with Gasteiger partial charge in [0.15, 0.2) is 0 Å². The summed E-state index contributed by atoms with van der Waals surface area (Å²) in [7, 11) is 2.15. The topological polar surface area (TPSA) is 23.8 Å². The second-order valence-electron chi connectivity index (χ2n) is 14.3. The van der Waals surface area contributed by atoms with E-state index in [1.807, 2.05) is 6.20 Å². The molecule has 1 unspecified atom stereocenters. The van der Waals surface area contributed by atoms with Gasteiger partial charge in [-0.05, 0) is 105 Å². The number of rotatable bonds is 7. The van der Waals surface area contributed by atoms with Crippen molar-refractivity contribution in [3.8, 4) is 33.5 Å². The second-order valence-corrected chi connectivity index (χ2v) is 14.3. The molecule has 3 aromatic heterocycles. The molecule has 0 saturated carbocycles. The van der Waals surface area contributed by atoms with Crippen molar-refractivity contribution in [3.05, 3.63) is 211 Å². The second kappa shape index (κ2) is 13.7. The highest BCUT2D eigenvalue weighted by Gasteiger charge is 2.18. The predicted octanol–water partition coefficient (Wildman–Crippen LogP) is 11.2. The van der Waals surface area contributed by atoms with Crippen molar-refractivity contribution in [1.82, 2.24) is 14.3 Å². The molecule has 0 amide bonds. The minimum Gasteiger partial charge on any atom is -0.369 e. The summed E-state index contributed by atoms with van der Waals surface area (Å²) < 4.78 is 2.17. The van der Waals surface area contributed by atoms with Gasteiger partial charge in [0.1, 0.15) is 0 Å². The summed E-state index contributed by atoms with van der Waals surface area (Å²) in [5, 5.41) is 4.85. The maximum Gasteiger partial charge on any atom is 0.0727 e. The van der Waals surface area contributed by atoms with Gasteiger partial charge < -0.3 is 14.2 Å². The molecule has 4 heteroatoms. The van der Waals surface area contributed by atoms with E-state index in [0.29, 0.717) is 0 Å². The van der Waals surface area contributed by atoms with Gasteiger partial charge >= 0.3 is 0 Å². The molecule has 10 rings (SSSR count). The SMILES string of the molecule is CN1C=c2ccccc2=CC1c1ccc(N(c2ccc(-c3ccc(-c4cc5ccccn5c4)cc3)cc2)c2ccc(-c3cc4ccccc4cn3)cc2)cc1. The van der Waals surface area contributed by atoms with Crippen molar-refractivity contribution in [2.45, 2.75) is 6.04 Å². The Balaban J connectivity index is 0.978. The van der Waals surface area contributed by atoms with Gasteiger partial charge in [0.05, 0.1) is 11.7 Å². The molecule has 0 aliphatic carbocycles. The third-order valence-corrected chi connectivity index (χ3v) is 10.8. The average molecular weight is 707 g/mol. The molecule has 0 spiro atoms. The van der Waals surface area contributed by atoms with Crippen LogP contribution in [-0.2, 0) is 0 Å². The molecule has 1 aliphatic rings. The lowest BCUT2D eigenvalue weighted by Gasteiger charge is -2.29. The number of hydrogen-bond donors (Lipinski definition) is 0. The van der Waals surface area contributed by atoms with Gasteiger partial charge in [-0.15, -0.1) is 0 Å². The van der Waals surface area contributed by atoms with Gasteiger partial charge in [0, 0.05) is 70.9 Å². The summed E-state index contributed by atoms with van der Waals surface area (Å²) >= 11 is 0. The Morgan fingerprint density at radius 3 is 1.76 bits per heavy atom. The first-order valence-corrected chi connectivity index (χ1v) is 18.8. The van der Waals surface area contributed by atoms with E-state index >= 15 is 0 Å². The van der Waals surface area contributed by atoms with Crippen molar-refractivity contribution >= 4 is 45.6 Å². The Hall–Kier alpha value is -7.17. The van der Waals surface area contributed by atoms with Crippen molar-refractivity contribution in [1.29, 1.82) is 0 Å². The van der Waals surface area contributed by atoms with Crippen LogP contribution in [0.4, 0.5) is 17.1 Å². The summed E-state index contributed by atoms with van der Waals surface area (Å²) in [4.78, 5) is 9.42. The number of benzene rings is 6. The van der Waals surface area contributed by atoms with Crippen molar-refractivity contribution < 1.29 is 0 Å². The smallest absolute Gasteiger partial charge is 0.0727 e. The van der Waals surface area contributed by atoms with E-state index in [1.54, 1.807) is 0 Å². The molecule has 0 N–H and O–H groups in total. The van der Waals surface area contributed by atoms with E-state index < -0.39 is 0 Å². The molecule has 1 aliphatic heterocycles. The normalized spacial score (nSPS) is 13.6. The number of fused-ring (bicyclic) bond motifs is 3. The van der Waals surface area contributed by atoms with E-state index in [4.69, 9.17) is 4.98 Å².